The van der Waals surface area contributed by atoms with E-state index >= 15 is 0 Å². The Balaban J connectivity index is 1.52. The van der Waals surface area contributed by atoms with E-state index in [0.717, 1.165) is 0 Å². The van der Waals surface area contributed by atoms with Gasteiger partial charge in [-0.25, -0.2) is 0 Å². The Morgan fingerprint density at radius 1 is 0.821 bits per heavy atom. The third kappa shape index (κ3) is 10.4. The van der Waals surface area contributed by atoms with Gasteiger partial charge in [-0.15, -0.1) is 0 Å². The third-order valence-electron chi connectivity index (χ3n) is 10.6. The summed E-state index contributed by atoms with van der Waals surface area (Å²) in [5.74, 6) is -5.09. The maximum atomic E-state index is 14.7. The summed E-state index contributed by atoms with van der Waals surface area (Å²) in [5.41, 5.74) is 0.870. The minimum absolute atomic E-state index is 0.0252. The van der Waals surface area contributed by atoms with Crippen molar-refractivity contribution in [1.29, 1.82) is 0 Å². The van der Waals surface area contributed by atoms with Gasteiger partial charge in [0.1, 0.15) is 30.2 Å². The number of halogens is 1. The number of rotatable bonds is 7. The second kappa shape index (κ2) is 18.7. The molecule has 302 valence electrons. The summed E-state index contributed by atoms with van der Waals surface area (Å²) in [6, 6.07) is 7.83. The lowest BCUT2D eigenvalue weighted by molar-refractivity contribution is -0.143. The second-order valence-corrected chi connectivity index (χ2v) is 15.9. The zero-order valence-corrected chi connectivity index (χ0v) is 32.8. The molecule has 2 aromatic rings. The van der Waals surface area contributed by atoms with Gasteiger partial charge in [0, 0.05) is 25.0 Å². The van der Waals surface area contributed by atoms with E-state index in [9.17, 15) is 38.7 Å². The van der Waals surface area contributed by atoms with Gasteiger partial charge in [0.05, 0.1) is 22.6 Å². The van der Waals surface area contributed by atoms with E-state index in [-0.39, 0.29) is 42.3 Å². The van der Waals surface area contributed by atoms with Crippen molar-refractivity contribution in [3.8, 4) is 0 Å². The Hall–Kier alpha value is -5.02. The van der Waals surface area contributed by atoms with E-state index in [2.05, 4.69) is 31.9 Å². The first-order valence-corrected chi connectivity index (χ1v) is 19.6. The van der Waals surface area contributed by atoms with Gasteiger partial charge in [0.25, 0.3) is 5.91 Å². The number of carbonyl (C=O) groups excluding carboxylic acids is 7. The first-order chi connectivity index (χ1) is 26.6. The van der Waals surface area contributed by atoms with Gasteiger partial charge in [0.2, 0.25) is 35.4 Å². The number of aliphatic hydroxyl groups is 1. The van der Waals surface area contributed by atoms with Crippen molar-refractivity contribution in [3.05, 3.63) is 70.7 Å². The molecule has 3 fully saturated rings. The highest BCUT2D eigenvalue weighted by Gasteiger charge is 2.45. The van der Waals surface area contributed by atoms with E-state index < -0.39 is 95.7 Å². The molecule has 2 saturated heterocycles. The molecule has 0 bridgehead atoms. The molecule has 0 radical (unpaired) electrons. The number of hydrogen-bond donors (Lipinski definition) is 7. The molecule has 9 atom stereocenters. The van der Waals surface area contributed by atoms with Crippen LogP contribution in [0.25, 0.3) is 0 Å². The quantitative estimate of drug-likeness (QED) is 0.214. The van der Waals surface area contributed by atoms with Gasteiger partial charge in [-0.2, -0.15) is 0 Å². The molecule has 7 amide bonds. The first-order valence-electron chi connectivity index (χ1n) is 19.2. The lowest BCUT2D eigenvalue weighted by Gasteiger charge is -2.31. The average Bonchev–Trinajstić information content (AvgIpc) is 3.80. The molecular weight excluding hydrogens is 742 g/mol. The highest BCUT2D eigenvalue weighted by atomic mass is 35.5. The average molecular weight is 794 g/mol. The Kier molecular flexibility index (Phi) is 14.1. The van der Waals surface area contributed by atoms with E-state index in [1.165, 1.54) is 18.7 Å². The Bertz CT molecular complexity index is 1790. The molecule has 3 aliphatic rings. The van der Waals surface area contributed by atoms with Crippen LogP contribution < -0.4 is 31.9 Å². The summed E-state index contributed by atoms with van der Waals surface area (Å²) in [4.78, 5) is 98.3. The summed E-state index contributed by atoms with van der Waals surface area (Å²) >= 11 is 6.28. The minimum atomic E-state index is -1.53. The molecule has 15 nitrogen and oxygen atoms in total. The fourth-order valence-electron chi connectivity index (χ4n) is 7.62. The molecule has 7 N–H and O–H groups in total. The van der Waals surface area contributed by atoms with Crippen molar-refractivity contribution in [2.75, 3.05) is 6.54 Å². The lowest BCUT2D eigenvalue weighted by atomic mass is 9.98. The van der Waals surface area contributed by atoms with Crippen molar-refractivity contribution >= 4 is 53.0 Å². The fraction of sp³-hybridized carbons (Fsp3) is 0.525. The molecule has 56 heavy (non-hydrogen) atoms. The second-order valence-electron chi connectivity index (χ2n) is 15.4. The molecule has 2 heterocycles. The van der Waals surface area contributed by atoms with Gasteiger partial charge in [-0.05, 0) is 63.1 Å². The number of fused-ring (bicyclic) bond motifs is 2. The smallest absolute Gasteiger partial charge is 0.253 e. The maximum Gasteiger partial charge on any atom is 0.253 e. The molecule has 2 aliphatic heterocycles. The van der Waals surface area contributed by atoms with Crippen LogP contribution in [-0.4, -0.2) is 106 Å². The number of benzene rings is 2. The monoisotopic (exact) mass is 793 g/mol. The van der Waals surface area contributed by atoms with Crippen LogP contribution in [0.5, 0.6) is 0 Å². The normalized spacial score (nSPS) is 28.7. The molecule has 2 aromatic carbocycles. The van der Waals surface area contributed by atoms with Crippen molar-refractivity contribution in [2.45, 2.75) is 115 Å². The van der Waals surface area contributed by atoms with Gasteiger partial charge in [-0.1, -0.05) is 74.3 Å². The standard InChI is InChI=1S/C40H52ClN7O8/c1-21(2)17-30-37(53)47-33(23(4)49)39(55)46-31(18-24-11-6-5-7-12-24)40(56)48-20-25(43-35(51)26-13-8-9-15-28(26)41)19-32(48)38(54)42-22(3)34(50)44-29-16-10-14-27(29)36(52)45-30/h5-9,11-13,15,21-23,25,27,29-33,49H,10,14,16-20H2,1-4H3,(H,42,54)(H,43,51)(H,44,50)(H,45,52)(H,46,55)(H,47,53)/t22-,23+,25+,27+,29+,30-,31-,32?,33-/m0/s1. The summed E-state index contributed by atoms with van der Waals surface area (Å²) in [6.45, 7) is 6.44. The third-order valence-corrected chi connectivity index (χ3v) is 10.9. The van der Waals surface area contributed by atoms with E-state index in [1.807, 2.05) is 13.8 Å². The first kappa shape index (κ1) is 42.1. The largest absolute Gasteiger partial charge is 0.391 e. The van der Waals surface area contributed by atoms with Crippen LogP contribution in [0, 0.1) is 11.8 Å². The number of nitrogens with one attached hydrogen (secondary N) is 6. The van der Waals surface area contributed by atoms with Crippen LogP contribution in [0.1, 0.15) is 75.7 Å². The van der Waals surface area contributed by atoms with E-state index in [1.54, 1.807) is 54.6 Å². The molecule has 16 heteroatoms. The topological polar surface area (TPSA) is 215 Å². The molecule has 1 unspecified atom stereocenters. The van der Waals surface area contributed by atoms with Crippen molar-refractivity contribution in [1.82, 2.24) is 36.8 Å². The zero-order chi connectivity index (χ0) is 40.7. The van der Waals surface area contributed by atoms with E-state index in [4.69, 9.17) is 11.6 Å². The van der Waals surface area contributed by atoms with Gasteiger partial charge < -0.3 is 41.9 Å². The predicted octanol–water partition coefficient (Wildman–Crippen LogP) is 0.967. The summed E-state index contributed by atoms with van der Waals surface area (Å²) < 4.78 is 0. The van der Waals surface area contributed by atoms with E-state index in [0.29, 0.717) is 24.8 Å². The molecule has 1 aliphatic carbocycles. The molecule has 0 spiro atoms. The predicted molar refractivity (Wildman–Crippen MR) is 207 cm³/mol. The van der Waals surface area contributed by atoms with Crippen LogP contribution in [0.3, 0.4) is 0 Å². The number of amides is 7. The van der Waals surface area contributed by atoms with Crippen molar-refractivity contribution in [3.63, 3.8) is 0 Å². The molecule has 0 aromatic heterocycles. The number of aliphatic hydroxyl groups excluding tert-OH is 1. The Labute approximate surface area is 331 Å². The number of hydrogen-bond acceptors (Lipinski definition) is 8. The highest BCUT2D eigenvalue weighted by Crippen LogP contribution is 2.27. The van der Waals surface area contributed by atoms with Gasteiger partial charge >= 0.3 is 0 Å². The molecular formula is C40H52ClN7O8. The number of carbonyl (C=O) groups is 7. The Morgan fingerprint density at radius 3 is 2.18 bits per heavy atom. The van der Waals surface area contributed by atoms with Crippen molar-refractivity contribution in [2.24, 2.45) is 11.8 Å². The van der Waals surface area contributed by atoms with Gasteiger partial charge in [0.15, 0.2) is 0 Å². The Morgan fingerprint density at radius 2 is 1.50 bits per heavy atom. The lowest BCUT2D eigenvalue weighted by Crippen LogP contribution is -2.61. The minimum Gasteiger partial charge on any atom is -0.391 e. The van der Waals surface area contributed by atoms with Gasteiger partial charge in [-0.3, -0.25) is 33.6 Å². The molecule has 5 rings (SSSR count). The van der Waals surface area contributed by atoms with Crippen LogP contribution >= 0.6 is 11.6 Å². The van der Waals surface area contributed by atoms with Crippen molar-refractivity contribution < 1.29 is 38.7 Å². The fourth-order valence-corrected chi connectivity index (χ4v) is 7.84. The van der Waals surface area contributed by atoms with Crippen LogP contribution in [0.15, 0.2) is 54.6 Å². The summed E-state index contributed by atoms with van der Waals surface area (Å²) in [5, 5.41) is 27.6. The summed E-state index contributed by atoms with van der Waals surface area (Å²) in [7, 11) is 0. The SMILES string of the molecule is CC(C)C[C@@H]1NC(=O)[C@@H]2CCC[C@H]2NC(=O)[C@H](C)NC(=O)C2C[C@@H](NC(=O)c3ccccc3Cl)CN2C(=O)[C@H](Cc2ccccc2)NC(=O)[C@H]([C@@H](C)O)NC1=O. The zero-order valence-electron chi connectivity index (χ0n) is 32.0. The number of nitrogens with zero attached hydrogens (tertiary/aromatic N) is 1. The van der Waals surface area contributed by atoms with Crippen LogP contribution in [0.2, 0.25) is 5.02 Å². The van der Waals surface area contributed by atoms with Crippen LogP contribution in [-0.2, 0) is 35.2 Å². The van der Waals surface area contributed by atoms with Crippen LogP contribution in [0.4, 0.5) is 0 Å². The molecule has 1 saturated carbocycles. The maximum absolute atomic E-state index is 14.7. The summed E-state index contributed by atoms with van der Waals surface area (Å²) in [6.07, 6.45) is 0.342. The highest BCUT2D eigenvalue weighted by molar-refractivity contribution is 6.33.